The van der Waals surface area contributed by atoms with Crippen LogP contribution in [0.4, 0.5) is 11.4 Å². The molecule has 2 aromatic rings. The Morgan fingerprint density at radius 3 is 2.44 bits per heavy atom. The van der Waals surface area contributed by atoms with E-state index in [2.05, 4.69) is 12.2 Å². The molecule has 1 heterocycles. The minimum absolute atomic E-state index is 0.132. The average Bonchev–Trinajstić information content (AvgIpc) is 3.06. The Morgan fingerprint density at radius 2 is 1.68 bits per heavy atom. The van der Waals surface area contributed by atoms with Crippen LogP contribution in [0.2, 0.25) is 0 Å². The lowest BCUT2D eigenvalue weighted by Gasteiger charge is -2.25. The zero-order valence-corrected chi connectivity index (χ0v) is 19.1. The number of benzene rings is 2. The molecule has 3 atom stereocenters. The van der Waals surface area contributed by atoms with E-state index in [9.17, 15) is 24.0 Å². The number of hydrogen-bond donors (Lipinski definition) is 1. The number of esters is 1. The second kappa shape index (κ2) is 9.59. The van der Waals surface area contributed by atoms with Crippen LogP contribution in [0.3, 0.4) is 0 Å². The summed E-state index contributed by atoms with van der Waals surface area (Å²) in [5, 5.41) is 2.58. The first-order valence-electron chi connectivity index (χ1n) is 11.3. The van der Waals surface area contributed by atoms with E-state index in [0.29, 0.717) is 35.7 Å². The number of ketones is 1. The summed E-state index contributed by atoms with van der Waals surface area (Å²) in [6.45, 7) is 2.98. The van der Waals surface area contributed by atoms with Crippen molar-refractivity contribution in [3.05, 3.63) is 59.7 Å². The third kappa shape index (κ3) is 4.76. The number of carbonyl (C=O) groups is 5. The zero-order chi connectivity index (χ0) is 24.4. The smallest absolute Gasteiger partial charge is 0.338 e. The van der Waals surface area contributed by atoms with Gasteiger partial charge in [-0.1, -0.05) is 25.1 Å². The molecule has 8 nitrogen and oxygen atoms in total. The molecule has 0 aromatic heterocycles. The van der Waals surface area contributed by atoms with Crippen molar-refractivity contribution in [3.63, 3.8) is 0 Å². The van der Waals surface area contributed by atoms with Gasteiger partial charge in [0, 0.05) is 11.3 Å². The van der Waals surface area contributed by atoms with E-state index < -0.39 is 18.5 Å². The van der Waals surface area contributed by atoms with Crippen molar-refractivity contribution in [1.29, 1.82) is 0 Å². The van der Waals surface area contributed by atoms with Crippen LogP contribution >= 0.6 is 0 Å². The van der Waals surface area contributed by atoms with Crippen molar-refractivity contribution in [3.8, 4) is 0 Å². The summed E-state index contributed by atoms with van der Waals surface area (Å²) in [5.41, 5.74) is 1.33. The molecule has 1 aliphatic heterocycles. The Labute approximate surface area is 197 Å². The number of carbonyl (C=O) groups excluding carboxylic acids is 5. The van der Waals surface area contributed by atoms with Gasteiger partial charge in [-0.05, 0) is 62.4 Å². The van der Waals surface area contributed by atoms with E-state index in [1.807, 2.05) is 0 Å². The fourth-order valence-corrected chi connectivity index (χ4v) is 4.64. The average molecular weight is 463 g/mol. The van der Waals surface area contributed by atoms with Gasteiger partial charge in [0.1, 0.15) is 0 Å². The minimum atomic E-state index is -0.750. The number of hydrogen-bond acceptors (Lipinski definition) is 6. The molecule has 3 amide bonds. The third-order valence-electron chi connectivity index (χ3n) is 6.41. The molecule has 1 saturated heterocycles. The highest BCUT2D eigenvalue weighted by molar-refractivity contribution is 6.22. The second-order valence-electron chi connectivity index (χ2n) is 8.95. The number of nitrogens with one attached hydrogen (secondary N) is 1. The van der Waals surface area contributed by atoms with Gasteiger partial charge in [-0.2, -0.15) is 0 Å². The maximum absolute atomic E-state index is 12.9. The van der Waals surface area contributed by atoms with E-state index in [4.69, 9.17) is 4.74 Å². The largest absolute Gasteiger partial charge is 0.452 e. The van der Waals surface area contributed by atoms with E-state index in [1.54, 1.807) is 30.3 Å². The molecule has 1 N–H and O–H groups in total. The Morgan fingerprint density at radius 1 is 0.971 bits per heavy atom. The summed E-state index contributed by atoms with van der Waals surface area (Å²) in [7, 11) is 0. The van der Waals surface area contributed by atoms with Gasteiger partial charge in [0.25, 0.3) is 5.91 Å². The molecular formula is C26H26N2O6. The van der Waals surface area contributed by atoms with Crippen LogP contribution in [0, 0.1) is 17.8 Å². The second-order valence-corrected chi connectivity index (χ2v) is 8.95. The summed E-state index contributed by atoms with van der Waals surface area (Å²) in [5.74, 6) is -2.10. The van der Waals surface area contributed by atoms with Gasteiger partial charge in [0.2, 0.25) is 11.8 Å². The standard InChI is InChI=1S/C26H26N2O6/c1-15-9-10-21-22(11-15)25(32)28(24(21)31)20-8-4-6-18(13-20)26(33)34-14-23(30)27-19-7-3-5-17(12-19)16(2)29/h3-8,12-13,15,21-22H,9-11,14H2,1-2H3,(H,27,30)/t15-,21-,22-/m1/s1. The zero-order valence-electron chi connectivity index (χ0n) is 19.1. The number of imide groups is 1. The molecule has 1 saturated carbocycles. The lowest BCUT2D eigenvalue weighted by atomic mass is 9.76. The van der Waals surface area contributed by atoms with Crippen LogP contribution in [0.1, 0.15) is 53.8 Å². The van der Waals surface area contributed by atoms with Crippen molar-refractivity contribution < 1.29 is 28.7 Å². The lowest BCUT2D eigenvalue weighted by Crippen LogP contribution is -2.31. The molecule has 4 rings (SSSR count). The third-order valence-corrected chi connectivity index (χ3v) is 6.41. The highest BCUT2D eigenvalue weighted by Gasteiger charge is 2.50. The quantitative estimate of drug-likeness (QED) is 0.399. The number of amides is 3. The van der Waals surface area contributed by atoms with Gasteiger partial charge >= 0.3 is 5.97 Å². The number of nitrogens with zero attached hydrogens (tertiary/aromatic N) is 1. The highest BCUT2D eigenvalue weighted by atomic mass is 16.5. The van der Waals surface area contributed by atoms with Crippen LogP contribution in [0.5, 0.6) is 0 Å². The first kappa shape index (κ1) is 23.4. The van der Waals surface area contributed by atoms with E-state index in [-0.39, 0.29) is 35.0 Å². The van der Waals surface area contributed by atoms with E-state index >= 15 is 0 Å². The van der Waals surface area contributed by atoms with Crippen molar-refractivity contribution in [2.24, 2.45) is 17.8 Å². The molecule has 0 spiro atoms. The molecule has 1 aliphatic carbocycles. The Bertz CT molecular complexity index is 1170. The predicted molar refractivity (Wildman–Crippen MR) is 124 cm³/mol. The Balaban J connectivity index is 1.40. The van der Waals surface area contributed by atoms with Crippen molar-refractivity contribution in [1.82, 2.24) is 0 Å². The number of fused-ring (bicyclic) bond motifs is 1. The predicted octanol–water partition coefficient (Wildman–Crippen LogP) is 3.61. The summed E-state index contributed by atoms with van der Waals surface area (Å²) in [4.78, 5) is 63.2. The molecule has 0 radical (unpaired) electrons. The number of Topliss-reactive ketones (excluding diaryl/α,β-unsaturated/α-hetero) is 1. The molecule has 2 fully saturated rings. The molecule has 8 heteroatoms. The molecule has 2 aliphatic rings. The van der Waals surface area contributed by atoms with Gasteiger partial charge in [-0.3, -0.25) is 24.1 Å². The molecule has 0 bridgehead atoms. The molecule has 176 valence electrons. The van der Waals surface area contributed by atoms with E-state index in [1.165, 1.54) is 30.0 Å². The summed E-state index contributed by atoms with van der Waals surface area (Å²) in [6, 6.07) is 12.6. The maximum atomic E-state index is 12.9. The van der Waals surface area contributed by atoms with Crippen LogP contribution < -0.4 is 10.2 Å². The summed E-state index contributed by atoms with van der Waals surface area (Å²) in [6.07, 6.45) is 2.30. The first-order chi connectivity index (χ1) is 16.2. The summed E-state index contributed by atoms with van der Waals surface area (Å²) >= 11 is 0. The topological polar surface area (TPSA) is 110 Å². The molecule has 34 heavy (non-hydrogen) atoms. The summed E-state index contributed by atoms with van der Waals surface area (Å²) < 4.78 is 5.11. The molecular weight excluding hydrogens is 436 g/mol. The number of ether oxygens (including phenoxy) is 1. The number of rotatable bonds is 6. The van der Waals surface area contributed by atoms with Crippen molar-refractivity contribution >= 4 is 40.8 Å². The van der Waals surface area contributed by atoms with Gasteiger partial charge in [0.15, 0.2) is 12.4 Å². The maximum Gasteiger partial charge on any atom is 0.338 e. The number of anilines is 2. The Hall–Kier alpha value is -3.81. The van der Waals surface area contributed by atoms with Crippen LogP contribution in [-0.4, -0.2) is 36.1 Å². The van der Waals surface area contributed by atoms with Gasteiger partial charge in [-0.15, -0.1) is 0 Å². The van der Waals surface area contributed by atoms with E-state index in [0.717, 1.165) is 6.42 Å². The monoisotopic (exact) mass is 462 g/mol. The van der Waals surface area contributed by atoms with Crippen molar-refractivity contribution in [2.75, 3.05) is 16.8 Å². The van der Waals surface area contributed by atoms with Gasteiger partial charge in [-0.25, -0.2) is 4.79 Å². The van der Waals surface area contributed by atoms with Gasteiger partial charge in [0.05, 0.1) is 23.1 Å². The Kier molecular flexibility index (Phi) is 6.58. The SMILES string of the molecule is CC(=O)c1cccc(NC(=O)COC(=O)c2cccc(N3C(=O)[C@@H]4CC[C@@H](C)C[C@H]4C3=O)c2)c1. The van der Waals surface area contributed by atoms with Crippen LogP contribution in [0.15, 0.2) is 48.5 Å². The highest BCUT2D eigenvalue weighted by Crippen LogP contribution is 2.42. The first-order valence-corrected chi connectivity index (χ1v) is 11.3. The van der Waals surface area contributed by atoms with Gasteiger partial charge < -0.3 is 10.1 Å². The van der Waals surface area contributed by atoms with Crippen LogP contribution in [-0.2, 0) is 19.1 Å². The molecule has 2 aromatic carbocycles. The minimum Gasteiger partial charge on any atom is -0.452 e. The molecule has 0 unspecified atom stereocenters. The fraction of sp³-hybridized carbons (Fsp3) is 0.346. The van der Waals surface area contributed by atoms with Crippen molar-refractivity contribution in [2.45, 2.75) is 33.1 Å². The normalized spacial score (nSPS) is 21.7. The fourth-order valence-electron chi connectivity index (χ4n) is 4.64. The van der Waals surface area contributed by atoms with Crippen LogP contribution in [0.25, 0.3) is 0 Å². The lowest BCUT2D eigenvalue weighted by molar-refractivity contribution is -0.122.